The van der Waals surface area contributed by atoms with Gasteiger partial charge in [0.15, 0.2) is 17.6 Å². The first-order valence-electron chi connectivity index (χ1n) is 13.8. The third-order valence-corrected chi connectivity index (χ3v) is 4.25. The number of halogens is 4. The topological polar surface area (TPSA) is 253 Å². The van der Waals surface area contributed by atoms with Gasteiger partial charge in [0.05, 0.1) is 17.9 Å². The van der Waals surface area contributed by atoms with Gasteiger partial charge in [-0.3, -0.25) is 24.5 Å². The largest absolute Gasteiger partial charge is 0.481 e. The van der Waals surface area contributed by atoms with E-state index in [0.717, 1.165) is 32.3 Å². The number of anilines is 2. The van der Waals surface area contributed by atoms with E-state index in [9.17, 15) is 22.8 Å². The zero-order valence-corrected chi connectivity index (χ0v) is 32.6. The summed E-state index contributed by atoms with van der Waals surface area (Å²) in [5.41, 5.74) is 9.96. The monoisotopic (exact) mass is 896 g/mol. The van der Waals surface area contributed by atoms with E-state index in [2.05, 4.69) is 56.3 Å². The predicted octanol–water partition coefficient (Wildman–Crippen LogP) is 5.78. The number of hydrogen-bond donors (Lipinski definition) is 6. The van der Waals surface area contributed by atoms with E-state index < -0.39 is 29.4 Å². The number of fused-ring (bicyclic) bond motifs is 1. The first-order chi connectivity index (χ1) is 22.6. The van der Waals surface area contributed by atoms with Crippen molar-refractivity contribution in [3.05, 3.63) is 58.0 Å². The van der Waals surface area contributed by atoms with Crippen LogP contribution in [-0.4, -0.2) is 70.9 Å². The maximum Gasteiger partial charge on any atom is 0.300 e. The van der Waals surface area contributed by atoms with Gasteiger partial charge in [-0.15, -0.1) is 0 Å². The molecule has 0 aliphatic heterocycles. The molecule has 3 aromatic rings. The van der Waals surface area contributed by atoms with Crippen molar-refractivity contribution >= 4 is 68.4 Å². The Morgan fingerprint density at radius 3 is 1.62 bits per heavy atom. The number of aromatic nitrogens is 4. The number of nitrogens with zero attached hydrogens (tertiary/aromatic N) is 6. The number of carbonyl (C=O) groups excluding carboxylic acids is 2. The molecule has 0 aromatic carbocycles. The van der Waals surface area contributed by atoms with Gasteiger partial charge < -0.3 is 31.8 Å². The Balaban J connectivity index is -0.000000193. The van der Waals surface area contributed by atoms with Crippen molar-refractivity contribution in [2.45, 2.75) is 87.7 Å². The molecular formula is C31H46BrF3N10O6Pd. The van der Waals surface area contributed by atoms with E-state index in [1.807, 2.05) is 41.5 Å². The third kappa shape index (κ3) is 36.5. The Labute approximate surface area is 323 Å². The number of carbonyl (C=O) groups is 4. The summed E-state index contributed by atoms with van der Waals surface area (Å²) in [6, 6.07) is 2.01. The number of nitrogens with two attached hydrogens (primary N) is 2. The molecule has 0 spiro atoms. The summed E-state index contributed by atoms with van der Waals surface area (Å²) in [6.07, 6.45) is 2.05. The molecule has 0 atom stereocenters. The average Bonchev–Trinajstić information content (AvgIpc) is 2.89. The van der Waals surface area contributed by atoms with Gasteiger partial charge in [0.1, 0.15) is 21.8 Å². The normalized spacial score (nSPS) is 9.25. The summed E-state index contributed by atoms with van der Waals surface area (Å²) in [4.78, 5) is 61.1. The zero-order chi connectivity index (χ0) is 40.0. The SMILES string of the molecule is C.CC(=O)N=C(N)N.CC(=O)Nc1nc(NC(C)(C)C)c2ncc(F)cc2n1.CC(=O)O.CC(=O)O.Fc1cnc(Br)c(F)c1.[C-]#[N+]C(C)(C)C.[Pd]. The first kappa shape index (κ1) is 56.6. The molecule has 3 heterocycles. The van der Waals surface area contributed by atoms with Crippen LogP contribution < -0.4 is 22.1 Å². The van der Waals surface area contributed by atoms with Crippen LogP contribution in [0.4, 0.5) is 24.9 Å². The molecule has 0 bridgehead atoms. The van der Waals surface area contributed by atoms with Gasteiger partial charge in [0, 0.05) is 86.6 Å². The molecule has 0 saturated heterocycles. The molecule has 8 N–H and O–H groups in total. The maximum atomic E-state index is 13.3. The number of guanidine groups is 1. The Bertz CT molecular complexity index is 1640. The number of nitrogens with one attached hydrogen (secondary N) is 2. The minimum absolute atomic E-state index is 0. The molecule has 0 aliphatic carbocycles. The van der Waals surface area contributed by atoms with Gasteiger partial charge in [-0.2, -0.15) is 9.98 Å². The molecule has 0 aliphatic rings. The van der Waals surface area contributed by atoms with Crippen molar-refractivity contribution in [2.24, 2.45) is 16.5 Å². The number of hydrogen-bond acceptors (Lipinski definition) is 9. The van der Waals surface area contributed by atoms with Crippen LogP contribution in [0.2, 0.25) is 0 Å². The first-order valence-corrected chi connectivity index (χ1v) is 14.6. The number of aliphatic imine (C=N–C) groups is 1. The van der Waals surface area contributed by atoms with E-state index >= 15 is 0 Å². The second-order valence-corrected chi connectivity index (χ2v) is 12.0. The van der Waals surface area contributed by atoms with Gasteiger partial charge in [-0.25, -0.2) is 34.7 Å². The van der Waals surface area contributed by atoms with Gasteiger partial charge in [-0.1, -0.05) is 7.43 Å². The van der Waals surface area contributed by atoms with Crippen molar-refractivity contribution in [1.29, 1.82) is 0 Å². The van der Waals surface area contributed by atoms with Crippen LogP contribution in [-0.2, 0) is 39.6 Å². The van der Waals surface area contributed by atoms with Gasteiger partial charge in [-0.05, 0) is 36.7 Å². The van der Waals surface area contributed by atoms with Crippen LogP contribution in [0.5, 0.6) is 0 Å². The summed E-state index contributed by atoms with van der Waals surface area (Å²) in [7, 11) is 0. The number of rotatable bonds is 2. The summed E-state index contributed by atoms with van der Waals surface area (Å²) >= 11 is 2.78. The maximum absolute atomic E-state index is 13.3. The molecule has 3 rings (SSSR count). The second-order valence-electron chi connectivity index (χ2n) is 11.3. The molecule has 52 heavy (non-hydrogen) atoms. The predicted molar refractivity (Wildman–Crippen MR) is 193 cm³/mol. The minimum Gasteiger partial charge on any atom is -0.481 e. The van der Waals surface area contributed by atoms with Crippen molar-refractivity contribution in [3.8, 4) is 0 Å². The molecule has 21 heteroatoms. The number of carboxylic acids is 2. The molecule has 0 unspecified atom stereocenters. The standard InChI is InChI=1S/C13H16FN5O.C5H2BrF2N.C5H9N.C3H7N3O.2C2H4O2.CH4.Pd/c1-7(20)16-12-17-9-5-8(14)6-15-10(9)11(18-12)19-13(2,3)4;6-5-4(8)1-3(7)2-9-5;1-5(2,3)6-4;1-2(7)6-3(4)5;2*1-2(3)4;;/h5-6H,1-4H3,(H2,16,17,18,19,20);1-2H;1-3H3;1H3,(H4,4,5,6,7);2*1H3,(H,3,4);1H4;. The quantitative estimate of drug-likeness (QED) is 0.0587. The van der Waals surface area contributed by atoms with Crippen LogP contribution in [0.3, 0.4) is 0 Å². The van der Waals surface area contributed by atoms with Crippen molar-refractivity contribution in [2.75, 3.05) is 10.6 Å². The van der Waals surface area contributed by atoms with Crippen molar-refractivity contribution < 1.29 is 63.0 Å². The Kier molecular flexibility index (Phi) is 30.3. The summed E-state index contributed by atoms with van der Waals surface area (Å²) in [6.45, 7) is 22.8. The minimum atomic E-state index is -0.833. The smallest absolute Gasteiger partial charge is 0.300 e. The molecule has 0 fully saturated rings. The van der Waals surface area contributed by atoms with Gasteiger partial charge >= 0.3 is 0 Å². The number of amides is 2. The van der Waals surface area contributed by atoms with Crippen molar-refractivity contribution in [3.63, 3.8) is 0 Å². The number of pyridine rings is 2. The molecule has 16 nitrogen and oxygen atoms in total. The third-order valence-electron chi connectivity index (χ3n) is 3.67. The fourth-order valence-electron chi connectivity index (χ4n) is 2.23. The molecular weight excluding hydrogens is 852 g/mol. The fraction of sp³-hybridized carbons (Fsp3) is 0.419. The second kappa shape index (κ2) is 27.9. The van der Waals surface area contributed by atoms with Crippen LogP contribution in [0.15, 0.2) is 34.1 Å². The summed E-state index contributed by atoms with van der Waals surface area (Å²) in [5.74, 6) is -3.81. The van der Waals surface area contributed by atoms with E-state index in [1.54, 1.807) is 0 Å². The molecule has 2 amide bonds. The van der Waals surface area contributed by atoms with Crippen LogP contribution in [0, 0.1) is 24.0 Å². The molecule has 0 saturated carbocycles. The fourth-order valence-corrected chi connectivity index (χ4v) is 2.45. The summed E-state index contributed by atoms with van der Waals surface area (Å²) in [5, 5.41) is 20.5. The van der Waals surface area contributed by atoms with E-state index in [1.165, 1.54) is 19.9 Å². The van der Waals surface area contributed by atoms with Crippen LogP contribution >= 0.6 is 15.9 Å². The van der Waals surface area contributed by atoms with Crippen LogP contribution in [0.1, 0.15) is 76.7 Å². The Morgan fingerprint density at radius 2 is 1.31 bits per heavy atom. The molecule has 294 valence electrons. The van der Waals surface area contributed by atoms with Crippen molar-refractivity contribution in [1.82, 2.24) is 19.9 Å². The zero-order valence-electron chi connectivity index (χ0n) is 29.5. The Morgan fingerprint density at radius 1 is 0.885 bits per heavy atom. The molecule has 3 aromatic heterocycles. The average molecular weight is 898 g/mol. The number of aliphatic carboxylic acids is 2. The Hall–Kier alpha value is -4.79. The van der Waals surface area contributed by atoms with E-state index in [-0.39, 0.29) is 67.3 Å². The number of carboxylic acid groups (broad SMARTS) is 2. The van der Waals surface area contributed by atoms with E-state index in [4.69, 9.17) is 37.8 Å². The molecule has 0 radical (unpaired) electrons. The van der Waals surface area contributed by atoms with Crippen LogP contribution in [0.25, 0.3) is 15.9 Å². The van der Waals surface area contributed by atoms with Gasteiger partial charge in [0.25, 0.3) is 11.9 Å². The van der Waals surface area contributed by atoms with Gasteiger partial charge in [0.2, 0.25) is 23.3 Å². The summed E-state index contributed by atoms with van der Waals surface area (Å²) < 4.78 is 37.6. The van der Waals surface area contributed by atoms with E-state index in [0.29, 0.717) is 16.9 Å².